The standard InChI is InChI=1S/C59H74N6O14/c1-73-48-25-22-38(30-49(48)74-2)21-24-47(79-59(72)46-20-10-13-29-64(46)55(69)33-39-31-50(75-3)56(77-5)51(32-39)76-4)40-16-14-17-41(34-40)78-37-54(68)61-28-12-9-7-6-8-11-27-60-53(67)35-62-44-19-15-18-42-43(44)36-65(58(42)71)45-23-26-52(66)63-57(45)70/h14-19,22,25,30-32,34,45-47,62H,6-13,20-21,23-24,26-29,33,35-37H2,1-5H3,(H,60,67)(H,61,68)(H,63,66,70)/t45?,46-,47?/m0/s1. The van der Waals surface area contributed by atoms with Crippen molar-refractivity contribution in [1.82, 2.24) is 25.8 Å². The number of carbonyl (C=O) groups is 7. The van der Waals surface area contributed by atoms with E-state index in [1.54, 1.807) is 67.7 Å². The second-order valence-corrected chi connectivity index (χ2v) is 19.7. The number of benzene rings is 4. The summed E-state index contributed by atoms with van der Waals surface area (Å²) in [6, 6.07) is 20.0. The van der Waals surface area contributed by atoms with Crippen LogP contribution in [0.3, 0.4) is 0 Å². The van der Waals surface area contributed by atoms with Crippen LogP contribution in [-0.2, 0) is 52.9 Å². The molecule has 7 rings (SSSR count). The zero-order valence-electron chi connectivity index (χ0n) is 45.9. The van der Waals surface area contributed by atoms with Gasteiger partial charge in [-0.1, -0.05) is 49.9 Å². The predicted molar refractivity (Wildman–Crippen MR) is 292 cm³/mol. The van der Waals surface area contributed by atoms with Crippen molar-refractivity contribution < 1.29 is 66.7 Å². The van der Waals surface area contributed by atoms with Gasteiger partial charge in [-0.3, -0.25) is 34.1 Å². The average Bonchev–Trinajstić information content (AvgIpc) is 3.83. The summed E-state index contributed by atoms with van der Waals surface area (Å²) in [7, 11) is 7.68. The van der Waals surface area contributed by atoms with Crippen molar-refractivity contribution in [3.8, 4) is 34.5 Å². The number of aryl methyl sites for hydroxylation is 1. The zero-order valence-corrected chi connectivity index (χ0v) is 45.9. The van der Waals surface area contributed by atoms with Gasteiger partial charge in [-0.15, -0.1) is 0 Å². The average molecular weight is 1090 g/mol. The van der Waals surface area contributed by atoms with Gasteiger partial charge < -0.3 is 58.9 Å². The number of imide groups is 1. The quantitative estimate of drug-likeness (QED) is 0.0262. The topological polar surface area (TPSA) is 239 Å². The van der Waals surface area contributed by atoms with E-state index in [9.17, 15) is 33.6 Å². The molecule has 3 atom stereocenters. The first kappa shape index (κ1) is 58.6. The molecule has 0 bridgehead atoms. The van der Waals surface area contributed by atoms with Gasteiger partial charge in [0.25, 0.3) is 11.8 Å². The lowest BCUT2D eigenvalue weighted by Crippen LogP contribution is -2.52. The summed E-state index contributed by atoms with van der Waals surface area (Å²) in [6.07, 6.45) is 8.02. The Hall–Kier alpha value is -8.03. The molecule has 2 unspecified atom stereocenters. The normalized spacial score (nSPS) is 16.2. The Bertz CT molecular complexity index is 2780. The number of hydrogen-bond acceptors (Lipinski definition) is 15. The lowest BCUT2D eigenvalue weighted by molar-refractivity contribution is -0.162. The molecule has 4 aromatic carbocycles. The van der Waals surface area contributed by atoms with Crippen LogP contribution in [0.5, 0.6) is 34.5 Å². The molecule has 79 heavy (non-hydrogen) atoms. The number of ether oxygens (including phenoxy) is 7. The van der Waals surface area contributed by atoms with Crippen molar-refractivity contribution in [3.63, 3.8) is 0 Å². The summed E-state index contributed by atoms with van der Waals surface area (Å²) in [5.74, 6) is 0.611. The number of nitrogens with zero attached hydrogens (tertiary/aromatic N) is 2. The molecule has 3 aliphatic heterocycles. The fourth-order valence-electron chi connectivity index (χ4n) is 10.2. The van der Waals surface area contributed by atoms with E-state index in [1.165, 1.54) is 26.2 Å². The van der Waals surface area contributed by atoms with Crippen LogP contribution in [0, 0.1) is 0 Å². The molecule has 2 saturated heterocycles. The zero-order chi connectivity index (χ0) is 56.3. The van der Waals surface area contributed by atoms with Crippen molar-refractivity contribution in [3.05, 3.63) is 101 Å². The minimum atomic E-state index is -0.797. The minimum Gasteiger partial charge on any atom is -0.493 e. The molecule has 3 heterocycles. The summed E-state index contributed by atoms with van der Waals surface area (Å²) in [4.78, 5) is 94.1. The van der Waals surface area contributed by atoms with Crippen LogP contribution < -0.4 is 49.7 Å². The number of unbranched alkanes of at least 4 members (excludes halogenated alkanes) is 5. The van der Waals surface area contributed by atoms with Gasteiger partial charge in [-0.2, -0.15) is 0 Å². The Balaban J connectivity index is 0.833. The highest BCUT2D eigenvalue weighted by atomic mass is 16.5. The summed E-state index contributed by atoms with van der Waals surface area (Å²) in [5, 5.41) is 11.3. The monoisotopic (exact) mass is 1090 g/mol. The SMILES string of the molecule is COc1ccc(CCC(OC(=O)[C@@H]2CCCCN2C(=O)Cc2cc(OC)c(OC)c(OC)c2)c2cccc(OCC(=O)NCCCCCCCCNC(=O)CNc3cccc4c3CN(C3CCC(=O)NC3=O)C4=O)c2)cc1OC. The van der Waals surface area contributed by atoms with Gasteiger partial charge in [-0.25, -0.2) is 4.79 Å². The van der Waals surface area contributed by atoms with E-state index >= 15 is 0 Å². The van der Waals surface area contributed by atoms with Crippen molar-refractivity contribution >= 4 is 47.1 Å². The number of esters is 1. The van der Waals surface area contributed by atoms with Crippen LogP contribution >= 0.6 is 0 Å². The maximum Gasteiger partial charge on any atom is 0.329 e. The number of hydrogen-bond donors (Lipinski definition) is 4. The first-order valence-corrected chi connectivity index (χ1v) is 27.1. The van der Waals surface area contributed by atoms with Crippen LogP contribution in [0.4, 0.5) is 5.69 Å². The van der Waals surface area contributed by atoms with Crippen molar-refractivity contribution in [2.24, 2.45) is 0 Å². The summed E-state index contributed by atoms with van der Waals surface area (Å²) in [6.45, 7) is 1.46. The lowest BCUT2D eigenvalue weighted by Gasteiger charge is -2.35. The van der Waals surface area contributed by atoms with E-state index < -0.39 is 30.1 Å². The highest BCUT2D eigenvalue weighted by Crippen LogP contribution is 2.39. The Labute approximate surface area is 461 Å². The number of fused-ring (bicyclic) bond motifs is 1. The van der Waals surface area contributed by atoms with Crippen molar-refractivity contribution in [1.29, 1.82) is 0 Å². The molecule has 0 radical (unpaired) electrons. The fraction of sp³-hybridized carbons (Fsp3) is 0.475. The summed E-state index contributed by atoms with van der Waals surface area (Å²) in [5.41, 5.74) is 4.11. The molecular formula is C59H74N6O14. The Kier molecular flexibility index (Phi) is 21.6. The molecule has 0 aromatic heterocycles. The first-order valence-electron chi connectivity index (χ1n) is 27.1. The van der Waals surface area contributed by atoms with Crippen LogP contribution in [0.2, 0.25) is 0 Å². The molecule has 0 saturated carbocycles. The molecule has 6 amide bonds. The van der Waals surface area contributed by atoms with Gasteiger partial charge in [0.2, 0.25) is 29.4 Å². The van der Waals surface area contributed by atoms with E-state index in [4.69, 9.17) is 33.2 Å². The third kappa shape index (κ3) is 15.8. The predicted octanol–water partition coefficient (Wildman–Crippen LogP) is 6.40. The minimum absolute atomic E-state index is 0.00594. The van der Waals surface area contributed by atoms with Crippen LogP contribution in [0.15, 0.2) is 72.8 Å². The third-order valence-corrected chi connectivity index (χ3v) is 14.4. The highest BCUT2D eigenvalue weighted by Gasteiger charge is 2.40. The number of amides is 6. The molecule has 3 aliphatic rings. The number of methoxy groups -OCH3 is 5. The molecular weight excluding hydrogens is 1020 g/mol. The van der Waals surface area contributed by atoms with Gasteiger partial charge in [0.15, 0.2) is 29.6 Å². The first-order chi connectivity index (χ1) is 38.3. The van der Waals surface area contributed by atoms with Gasteiger partial charge in [-0.05, 0) is 117 Å². The van der Waals surface area contributed by atoms with E-state index in [0.717, 1.165) is 62.5 Å². The van der Waals surface area contributed by atoms with Crippen molar-refractivity contribution in [2.45, 2.75) is 115 Å². The number of rotatable bonds is 29. The second kappa shape index (κ2) is 29.1. The van der Waals surface area contributed by atoms with E-state index in [-0.39, 0.29) is 68.5 Å². The lowest BCUT2D eigenvalue weighted by atomic mass is 9.99. The fourth-order valence-corrected chi connectivity index (χ4v) is 10.2. The number of nitrogens with one attached hydrogen (secondary N) is 4. The molecule has 2 fully saturated rings. The molecule has 20 nitrogen and oxygen atoms in total. The maximum absolute atomic E-state index is 14.3. The van der Waals surface area contributed by atoms with Gasteiger partial charge in [0.1, 0.15) is 23.9 Å². The maximum atomic E-state index is 14.3. The second-order valence-electron chi connectivity index (χ2n) is 19.7. The summed E-state index contributed by atoms with van der Waals surface area (Å²) < 4.78 is 39.8. The van der Waals surface area contributed by atoms with E-state index in [2.05, 4.69) is 21.3 Å². The Morgan fingerprint density at radius 3 is 2.09 bits per heavy atom. The smallest absolute Gasteiger partial charge is 0.329 e. The summed E-state index contributed by atoms with van der Waals surface area (Å²) >= 11 is 0. The van der Waals surface area contributed by atoms with Crippen LogP contribution in [0.1, 0.15) is 116 Å². The Morgan fingerprint density at radius 1 is 0.709 bits per heavy atom. The third-order valence-electron chi connectivity index (χ3n) is 14.4. The molecule has 20 heteroatoms. The molecule has 424 valence electrons. The Morgan fingerprint density at radius 2 is 1.39 bits per heavy atom. The molecule has 0 spiro atoms. The number of anilines is 1. The van der Waals surface area contributed by atoms with Crippen LogP contribution in [-0.4, -0.2) is 132 Å². The van der Waals surface area contributed by atoms with Gasteiger partial charge in [0, 0.05) is 49.4 Å². The van der Waals surface area contributed by atoms with Gasteiger partial charge in [0.05, 0.1) is 48.5 Å². The molecule has 0 aliphatic carbocycles. The van der Waals surface area contributed by atoms with Crippen molar-refractivity contribution in [2.75, 3.05) is 73.7 Å². The van der Waals surface area contributed by atoms with Gasteiger partial charge >= 0.3 is 5.97 Å². The largest absolute Gasteiger partial charge is 0.493 e. The number of likely N-dealkylation sites (tertiary alicyclic amines) is 1. The number of piperidine rings is 2. The van der Waals surface area contributed by atoms with E-state index in [1.807, 2.05) is 24.3 Å². The van der Waals surface area contributed by atoms with Crippen LogP contribution in [0.25, 0.3) is 0 Å². The highest BCUT2D eigenvalue weighted by molar-refractivity contribution is 6.06. The van der Waals surface area contributed by atoms with E-state index in [0.29, 0.717) is 95.8 Å². The molecule has 4 aromatic rings. The number of carbonyl (C=O) groups excluding carboxylic acids is 7. The molecule has 4 N–H and O–H groups in total.